The van der Waals surface area contributed by atoms with Gasteiger partial charge in [0.1, 0.15) is 0 Å². The van der Waals surface area contributed by atoms with Gasteiger partial charge in [0.15, 0.2) is 34.5 Å². The molecule has 0 atom stereocenters. The number of aromatic carboxylic acids is 2. The van der Waals surface area contributed by atoms with Gasteiger partial charge in [-0.05, 0) is 24.3 Å². The summed E-state index contributed by atoms with van der Waals surface area (Å²) in [5.74, 6) is -7.38. The Morgan fingerprint density at radius 2 is 0.808 bits per heavy atom. The van der Waals surface area contributed by atoms with Gasteiger partial charge in [0, 0.05) is 52.0 Å². The minimum Gasteiger partial charge on any atom is -0.545 e. The summed E-state index contributed by atoms with van der Waals surface area (Å²) < 4.78 is 0. The van der Waals surface area contributed by atoms with Crippen LogP contribution in [0.5, 0.6) is 34.5 Å². The Hall–Kier alpha value is -1.70. The third-order valence-corrected chi connectivity index (χ3v) is 2.61. The van der Waals surface area contributed by atoms with Crippen molar-refractivity contribution >= 4 is 35.0 Å². The van der Waals surface area contributed by atoms with Crippen LogP contribution in [0.1, 0.15) is 20.7 Å². The van der Waals surface area contributed by atoms with E-state index in [2.05, 4.69) is 0 Å². The van der Waals surface area contributed by atoms with Crippen molar-refractivity contribution in [3.8, 4) is 34.5 Å². The van der Waals surface area contributed by atoms with E-state index in [1.165, 1.54) is 0 Å². The molecule has 0 aliphatic rings. The third-order valence-electron chi connectivity index (χ3n) is 2.61. The maximum atomic E-state index is 10.2. The monoisotopic (exact) mass is 504 g/mol. The van der Waals surface area contributed by atoms with E-state index in [0.717, 1.165) is 24.3 Å². The number of hydrogen-bond acceptors (Lipinski definition) is 10. The molecule has 26 heavy (non-hydrogen) atoms. The second-order valence-corrected chi connectivity index (χ2v) is 4.30. The number of carboxylic acids is 2. The molecular formula is C14H10MgNdO10. The van der Waals surface area contributed by atoms with Crippen molar-refractivity contribution in [2.24, 2.45) is 0 Å². The molecule has 0 spiro atoms. The zero-order valence-electron chi connectivity index (χ0n) is 12.8. The van der Waals surface area contributed by atoms with E-state index in [4.69, 9.17) is 30.6 Å². The fourth-order valence-electron chi connectivity index (χ4n) is 1.44. The molecule has 0 heterocycles. The molecule has 0 radical (unpaired) electrons. The number of phenolic OH excluding ortho intramolecular Hbond substituents is 6. The summed E-state index contributed by atoms with van der Waals surface area (Å²) in [5.41, 5.74) is -0.800. The zero-order chi connectivity index (χ0) is 18.6. The number of aromatic hydroxyl groups is 6. The summed E-state index contributed by atoms with van der Waals surface area (Å²) in [5, 5.41) is 73.3. The Labute approximate surface area is 194 Å². The minimum absolute atomic E-state index is 0. The van der Waals surface area contributed by atoms with Crippen LogP contribution in [0, 0.1) is 40.8 Å². The first-order valence-electron chi connectivity index (χ1n) is 5.97. The van der Waals surface area contributed by atoms with Crippen LogP contribution in [0.3, 0.4) is 0 Å². The largest absolute Gasteiger partial charge is 2.00 e. The number of phenols is 6. The first-order valence-corrected chi connectivity index (χ1v) is 5.97. The van der Waals surface area contributed by atoms with Crippen molar-refractivity contribution in [2.75, 3.05) is 0 Å². The summed E-state index contributed by atoms with van der Waals surface area (Å²) in [6, 6.07) is 3.13. The Bertz CT molecular complexity index is 695. The van der Waals surface area contributed by atoms with Gasteiger partial charge in [-0.3, -0.25) is 0 Å². The van der Waals surface area contributed by atoms with Crippen molar-refractivity contribution in [1.82, 2.24) is 0 Å². The summed E-state index contributed by atoms with van der Waals surface area (Å²) in [6.07, 6.45) is 0. The molecule has 0 aliphatic heterocycles. The first kappa shape index (κ1) is 26.5. The predicted molar refractivity (Wildman–Crippen MR) is 77.3 cm³/mol. The van der Waals surface area contributed by atoms with E-state index < -0.39 is 57.6 Å². The van der Waals surface area contributed by atoms with Gasteiger partial charge in [0.2, 0.25) is 0 Å². The van der Waals surface area contributed by atoms with Crippen LogP contribution in [0.25, 0.3) is 0 Å². The fourth-order valence-corrected chi connectivity index (χ4v) is 1.44. The Morgan fingerprint density at radius 1 is 0.615 bits per heavy atom. The SMILES string of the molecule is O=C([O-])c1cc(O)c(O)c(O)c1.O=C([O-])c1cc(O)c(O)c(O)c1.[Mg+2].[Nd]. The molecule has 2 rings (SSSR count). The molecule has 2 aromatic rings. The van der Waals surface area contributed by atoms with Gasteiger partial charge >= 0.3 is 23.1 Å². The van der Waals surface area contributed by atoms with Crippen molar-refractivity contribution < 1.29 is 91.3 Å². The van der Waals surface area contributed by atoms with Gasteiger partial charge in [0.05, 0.1) is 11.9 Å². The fraction of sp³-hybridized carbons (Fsp3) is 0. The number of carbonyl (C=O) groups is 2. The van der Waals surface area contributed by atoms with Crippen molar-refractivity contribution in [3.63, 3.8) is 0 Å². The standard InChI is InChI=1S/2C7H6O5.Mg.Nd/c2*8-4-1-3(7(11)12)2-5(9)6(4)10;;/h2*1-2,8-10H,(H,11,12);;/q;;+2;/p-2. The first-order chi connectivity index (χ1) is 11.0. The summed E-state index contributed by atoms with van der Waals surface area (Å²) >= 11 is 0. The predicted octanol–water partition coefficient (Wildman–Crippen LogP) is -2.05. The summed E-state index contributed by atoms with van der Waals surface area (Å²) in [6.45, 7) is 0. The van der Waals surface area contributed by atoms with E-state index in [1.807, 2.05) is 0 Å². The quantitative estimate of drug-likeness (QED) is 0.194. The van der Waals surface area contributed by atoms with E-state index in [1.54, 1.807) is 0 Å². The maximum Gasteiger partial charge on any atom is 2.00 e. The van der Waals surface area contributed by atoms with Crippen LogP contribution in [0.15, 0.2) is 24.3 Å². The van der Waals surface area contributed by atoms with Crippen LogP contribution in [0.4, 0.5) is 0 Å². The van der Waals surface area contributed by atoms with Gasteiger partial charge in [-0.25, -0.2) is 0 Å². The number of hydrogen-bond donors (Lipinski definition) is 6. The van der Waals surface area contributed by atoms with E-state index in [9.17, 15) is 19.8 Å². The normalized spacial score (nSPS) is 8.92. The molecule has 0 fully saturated rings. The molecule has 6 N–H and O–H groups in total. The summed E-state index contributed by atoms with van der Waals surface area (Å²) in [7, 11) is 0. The number of benzene rings is 2. The van der Waals surface area contributed by atoms with Crippen LogP contribution in [-0.4, -0.2) is 65.6 Å². The molecule has 0 bridgehead atoms. The number of carboxylic acid groups (broad SMARTS) is 2. The minimum atomic E-state index is -1.54. The molecule has 2 aromatic carbocycles. The molecule has 0 saturated heterocycles. The average molecular weight is 507 g/mol. The van der Waals surface area contributed by atoms with Crippen LogP contribution in [-0.2, 0) is 0 Å². The maximum absolute atomic E-state index is 10.2. The van der Waals surface area contributed by atoms with Crippen LogP contribution in [0.2, 0.25) is 0 Å². The van der Waals surface area contributed by atoms with E-state index in [0.29, 0.717) is 0 Å². The van der Waals surface area contributed by atoms with Crippen LogP contribution < -0.4 is 10.2 Å². The topological polar surface area (TPSA) is 202 Å². The Balaban J connectivity index is 0. The van der Waals surface area contributed by atoms with Crippen molar-refractivity contribution in [3.05, 3.63) is 35.4 Å². The van der Waals surface area contributed by atoms with E-state index >= 15 is 0 Å². The average Bonchev–Trinajstić information content (AvgIpc) is 2.49. The van der Waals surface area contributed by atoms with Gasteiger partial charge in [-0.1, -0.05) is 0 Å². The van der Waals surface area contributed by atoms with Crippen molar-refractivity contribution in [2.45, 2.75) is 0 Å². The Kier molecular flexibility index (Phi) is 11.3. The second kappa shape index (κ2) is 11.1. The van der Waals surface area contributed by atoms with Gasteiger partial charge in [0.25, 0.3) is 0 Å². The van der Waals surface area contributed by atoms with Crippen molar-refractivity contribution in [1.29, 1.82) is 0 Å². The number of carbonyl (C=O) groups excluding carboxylic acids is 2. The van der Waals surface area contributed by atoms with Crippen LogP contribution >= 0.6 is 0 Å². The van der Waals surface area contributed by atoms with E-state index in [-0.39, 0.29) is 63.9 Å². The molecule has 12 heteroatoms. The van der Waals surface area contributed by atoms with Gasteiger partial charge < -0.3 is 50.4 Å². The van der Waals surface area contributed by atoms with Gasteiger partial charge in [-0.15, -0.1) is 0 Å². The smallest absolute Gasteiger partial charge is 0.545 e. The Morgan fingerprint density at radius 3 is 0.962 bits per heavy atom. The molecule has 0 aliphatic carbocycles. The third kappa shape index (κ3) is 6.90. The number of rotatable bonds is 2. The zero-order valence-corrected chi connectivity index (χ0v) is 17.5. The molecule has 0 amide bonds. The molecule has 0 saturated carbocycles. The molecular weight excluding hydrogens is 497 g/mol. The molecule has 10 nitrogen and oxygen atoms in total. The summed E-state index contributed by atoms with van der Waals surface area (Å²) in [4.78, 5) is 20.4. The van der Waals surface area contributed by atoms with Gasteiger partial charge in [-0.2, -0.15) is 0 Å². The molecule has 0 aromatic heterocycles. The molecule has 132 valence electrons. The molecule has 0 unspecified atom stereocenters. The second-order valence-electron chi connectivity index (χ2n) is 4.30.